The van der Waals surface area contributed by atoms with Gasteiger partial charge in [0.2, 0.25) is 0 Å². The van der Waals surface area contributed by atoms with Crippen LogP contribution in [0.15, 0.2) is 66.9 Å². The number of hydrogen-bond donors (Lipinski definition) is 2. The van der Waals surface area contributed by atoms with Crippen molar-refractivity contribution in [2.24, 2.45) is 0 Å². The van der Waals surface area contributed by atoms with E-state index in [0.717, 1.165) is 51.4 Å². The maximum atomic E-state index is 4.90. The van der Waals surface area contributed by atoms with Crippen molar-refractivity contribution in [2.75, 3.05) is 6.54 Å². The summed E-state index contributed by atoms with van der Waals surface area (Å²) in [5.74, 6) is 0. The molecule has 5 heteroatoms. The predicted octanol–water partition coefficient (Wildman–Crippen LogP) is 10.0. The number of allylic oxidation sites excluding steroid dienone is 2. The maximum Gasteiger partial charge on any atom is 0.0745 e. The third-order valence-electron chi connectivity index (χ3n) is 8.33. The van der Waals surface area contributed by atoms with Gasteiger partial charge in [0.25, 0.3) is 0 Å². The van der Waals surface area contributed by atoms with E-state index in [0.29, 0.717) is 0 Å². The van der Waals surface area contributed by atoms with Gasteiger partial charge in [0.05, 0.1) is 28.8 Å². The summed E-state index contributed by atoms with van der Waals surface area (Å²) >= 11 is 0. The molecule has 8 bridgehead atoms. The number of H-pyrrole nitrogens is 2. The quantitative estimate of drug-likeness (QED) is 0.150. The molecule has 0 saturated carbocycles. The third kappa shape index (κ3) is 7.20. The Hall–Kier alpha value is -4.12. The van der Waals surface area contributed by atoms with E-state index < -0.39 is 0 Å². The Balaban J connectivity index is 1.24. The first-order chi connectivity index (χ1) is 20.7. The highest BCUT2D eigenvalue weighted by Gasteiger charge is 2.20. The van der Waals surface area contributed by atoms with Gasteiger partial charge in [-0.15, -0.1) is 0 Å². The van der Waals surface area contributed by atoms with Gasteiger partial charge in [0.15, 0.2) is 0 Å². The fraction of sp³-hybridized carbons (Fsp3) is 0.351. The molecule has 3 aromatic rings. The molecule has 6 rings (SSSR count). The van der Waals surface area contributed by atoms with Crippen molar-refractivity contribution in [3.05, 3.63) is 95.2 Å². The second-order valence-corrected chi connectivity index (χ2v) is 11.7. The molecule has 0 saturated heterocycles. The summed E-state index contributed by atoms with van der Waals surface area (Å²) in [7, 11) is 0. The minimum absolute atomic E-state index is 0.176. The zero-order valence-electron chi connectivity index (χ0n) is 24.9. The second-order valence-electron chi connectivity index (χ2n) is 11.7. The van der Waals surface area contributed by atoms with Crippen molar-refractivity contribution >= 4 is 46.4 Å². The number of hydrogen-bond acceptors (Lipinski definition) is 3. The van der Waals surface area contributed by atoms with Crippen LogP contribution in [0.3, 0.4) is 0 Å². The SMILES string of the molecule is CCCCCCCCCCCCN1C=CC=CC1c1cc2cc3nc(cc4ccc(cc5nc(cc1[nH]2)C=C5)[nH]4)C=C3. The van der Waals surface area contributed by atoms with Crippen molar-refractivity contribution in [2.45, 2.75) is 77.2 Å². The van der Waals surface area contributed by atoms with Crippen molar-refractivity contribution in [1.29, 1.82) is 0 Å². The lowest BCUT2D eigenvalue weighted by Crippen LogP contribution is -2.24. The first-order valence-electron chi connectivity index (χ1n) is 15.9. The van der Waals surface area contributed by atoms with E-state index >= 15 is 0 Å². The molecule has 3 aliphatic heterocycles. The van der Waals surface area contributed by atoms with E-state index in [2.05, 4.69) is 113 Å². The molecule has 2 N–H and O–H groups in total. The van der Waals surface area contributed by atoms with Crippen LogP contribution in [-0.2, 0) is 0 Å². The highest BCUT2D eigenvalue weighted by Crippen LogP contribution is 2.31. The number of nitrogens with zero attached hydrogens (tertiary/aromatic N) is 3. The van der Waals surface area contributed by atoms with Gasteiger partial charge in [-0.2, -0.15) is 0 Å². The van der Waals surface area contributed by atoms with Crippen LogP contribution in [0.2, 0.25) is 0 Å². The molecular formula is C37H43N5. The number of unbranched alkanes of at least 4 members (excludes halogenated alkanes) is 9. The Kier molecular flexibility index (Phi) is 9.14. The summed E-state index contributed by atoms with van der Waals surface area (Å²) in [5.41, 5.74) is 9.25. The molecule has 0 amide bonds. The molecule has 216 valence electrons. The van der Waals surface area contributed by atoms with Crippen LogP contribution >= 0.6 is 0 Å². The molecule has 0 radical (unpaired) electrons. The van der Waals surface area contributed by atoms with Crippen LogP contribution < -0.4 is 0 Å². The number of rotatable bonds is 12. The minimum atomic E-state index is 0.176. The van der Waals surface area contributed by atoms with Crippen molar-refractivity contribution < 1.29 is 0 Å². The van der Waals surface area contributed by atoms with Crippen molar-refractivity contribution in [3.63, 3.8) is 0 Å². The predicted molar refractivity (Wildman–Crippen MR) is 178 cm³/mol. The summed E-state index contributed by atoms with van der Waals surface area (Å²) in [6, 6.07) is 15.1. The van der Waals surface area contributed by atoms with Gasteiger partial charge in [-0.3, -0.25) is 0 Å². The molecule has 0 spiro atoms. The summed E-state index contributed by atoms with van der Waals surface area (Å²) in [5, 5.41) is 0. The van der Waals surface area contributed by atoms with E-state index in [1.54, 1.807) is 0 Å². The van der Waals surface area contributed by atoms with Crippen LogP contribution in [0, 0.1) is 0 Å². The van der Waals surface area contributed by atoms with Crippen molar-refractivity contribution in [3.8, 4) is 0 Å². The van der Waals surface area contributed by atoms with E-state index in [4.69, 9.17) is 9.97 Å². The van der Waals surface area contributed by atoms with Crippen LogP contribution in [0.4, 0.5) is 0 Å². The highest BCUT2D eigenvalue weighted by molar-refractivity contribution is 5.78. The Morgan fingerprint density at radius 1 is 0.619 bits per heavy atom. The number of nitrogens with one attached hydrogen (secondary N) is 2. The molecule has 0 aromatic carbocycles. The highest BCUT2D eigenvalue weighted by atomic mass is 15.1. The Labute approximate surface area is 249 Å². The number of fused-ring (bicyclic) bond motifs is 8. The largest absolute Gasteiger partial charge is 0.367 e. The average Bonchev–Trinajstić information content (AvgIpc) is 3.80. The first-order valence-corrected chi connectivity index (χ1v) is 15.9. The smallest absolute Gasteiger partial charge is 0.0745 e. The zero-order valence-corrected chi connectivity index (χ0v) is 24.9. The van der Waals surface area contributed by atoms with E-state index in [1.165, 1.54) is 69.8 Å². The normalized spacial score (nSPS) is 15.6. The first kappa shape index (κ1) is 28.0. The number of aromatic amines is 2. The lowest BCUT2D eigenvalue weighted by atomic mass is 10.0. The van der Waals surface area contributed by atoms with Gasteiger partial charge in [-0.25, -0.2) is 9.97 Å². The van der Waals surface area contributed by atoms with Gasteiger partial charge >= 0.3 is 0 Å². The Morgan fingerprint density at radius 3 is 1.83 bits per heavy atom. The summed E-state index contributed by atoms with van der Waals surface area (Å²) < 4.78 is 0. The molecular weight excluding hydrogens is 514 g/mol. The number of aromatic nitrogens is 4. The lowest BCUT2D eigenvalue weighted by Gasteiger charge is -2.30. The molecule has 0 fully saturated rings. The maximum absolute atomic E-state index is 4.90. The molecule has 5 nitrogen and oxygen atoms in total. The van der Waals surface area contributed by atoms with E-state index in [-0.39, 0.29) is 6.04 Å². The van der Waals surface area contributed by atoms with Gasteiger partial charge in [-0.05, 0) is 85.5 Å². The molecule has 42 heavy (non-hydrogen) atoms. The monoisotopic (exact) mass is 557 g/mol. The van der Waals surface area contributed by atoms with Gasteiger partial charge in [-0.1, -0.05) is 76.9 Å². The third-order valence-corrected chi connectivity index (χ3v) is 8.33. The van der Waals surface area contributed by atoms with E-state index in [9.17, 15) is 0 Å². The fourth-order valence-corrected chi connectivity index (χ4v) is 6.10. The minimum Gasteiger partial charge on any atom is -0.367 e. The van der Waals surface area contributed by atoms with Gasteiger partial charge < -0.3 is 14.9 Å². The van der Waals surface area contributed by atoms with Crippen LogP contribution in [0.25, 0.3) is 46.4 Å². The lowest BCUT2D eigenvalue weighted by molar-refractivity contribution is 0.312. The molecule has 1 unspecified atom stereocenters. The summed E-state index contributed by atoms with van der Waals surface area (Å²) in [6.07, 6.45) is 30.8. The molecule has 1 atom stereocenters. The van der Waals surface area contributed by atoms with E-state index in [1.807, 2.05) is 0 Å². The Bertz CT molecular complexity index is 1650. The average molecular weight is 558 g/mol. The second kappa shape index (κ2) is 13.7. The van der Waals surface area contributed by atoms with Crippen LogP contribution in [-0.4, -0.2) is 31.4 Å². The van der Waals surface area contributed by atoms with Gasteiger partial charge in [0, 0.05) is 34.2 Å². The van der Waals surface area contributed by atoms with Crippen molar-refractivity contribution in [1.82, 2.24) is 24.8 Å². The standard InChI is InChI=1S/C37H43N5/c1-2-3-4-5-6-7-8-9-10-12-21-42-22-13-11-14-37(42)35-26-34-25-32-18-17-30(39-32)23-28-15-16-29(38-28)24-31-19-20-33(40-31)27-36(35)41-34/h11,13-20,22-27,37-38,41H,2-10,12,21H2,1H3. The Morgan fingerprint density at radius 2 is 1.19 bits per heavy atom. The topological polar surface area (TPSA) is 60.6 Å². The molecule has 3 aromatic heterocycles. The summed E-state index contributed by atoms with van der Waals surface area (Å²) in [4.78, 5) is 19.4. The summed E-state index contributed by atoms with van der Waals surface area (Å²) in [6.45, 7) is 3.34. The van der Waals surface area contributed by atoms with Crippen LogP contribution in [0.1, 0.15) is 106 Å². The van der Waals surface area contributed by atoms with Gasteiger partial charge in [0.1, 0.15) is 0 Å². The zero-order chi connectivity index (χ0) is 28.6. The molecule has 6 heterocycles. The molecule has 0 aliphatic carbocycles. The van der Waals surface area contributed by atoms with Crippen LogP contribution in [0.5, 0.6) is 0 Å². The fourth-order valence-electron chi connectivity index (χ4n) is 6.10. The molecule has 3 aliphatic rings.